The van der Waals surface area contributed by atoms with Crippen molar-refractivity contribution in [2.24, 2.45) is 0 Å². The van der Waals surface area contributed by atoms with Gasteiger partial charge in [0, 0.05) is 25.9 Å². The summed E-state index contributed by atoms with van der Waals surface area (Å²) in [4.78, 5) is 19.6. The molecule has 1 fully saturated rings. The Kier molecular flexibility index (Phi) is 4.43. The van der Waals surface area contributed by atoms with E-state index in [2.05, 4.69) is 4.98 Å². The molecule has 3 rings (SSSR count). The highest BCUT2D eigenvalue weighted by atomic mass is 32.1. The first-order chi connectivity index (χ1) is 10.6. The van der Waals surface area contributed by atoms with E-state index < -0.39 is 0 Å². The van der Waals surface area contributed by atoms with E-state index >= 15 is 0 Å². The fraction of sp³-hybridized carbons (Fsp3) is 0.412. The van der Waals surface area contributed by atoms with Crippen molar-refractivity contribution >= 4 is 17.2 Å². The van der Waals surface area contributed by atoms with Crippen molar-refractivity contribution in [2.75, 3.05) is 13.1 Å². The summed E-state index contributed by atoms with van der Waals surface area (Å²) < 4.78 is 5.97. The summed E-state index contributed by atoms with van der Waals surface area (Å²) >= 11 is 1.49. The monoisotopic (exact) mass is 316 g/mol. The first kappa shape index (κ1) is 15.0. The molecule has 22 heavy (non-hydrogen) atoms. The number of benzene rings is 1. The van der Waals surface area contributed by atoms with Gasteiger partial charge in [0.2, 0.25) is 0 Å². The number of aryl methyl sites for hydroxylation is 2. The second-order valence-electron chi connectivity index (χ2n) is 5.57. The van der Waals surface area contributed by atoms with E-state index in [0.29, 0.717) is 0 Å². The van der Waals surface area contributed by atoms with Gasteiger partial charge in [-0.2, -0.15) is 0 Å². The average Bonchev–Trinajstić information content (AvgIpc) is 2.87. The van der Waals surface area contributed by atoms with Crippen molar-refractivity contribution in [3.63, 3.8) is 0 Å². The smallest absolute Gasteiger partial charge is 0.265 e. The zero-order valence-electron chi connectivity index (χ0n) is 12.9. The summed E-state index contributed by atoms with van der Waals surface area (Å²) in [7, 11) is 0. The molecule has 1 saturated heterocycles. The van der Waals surface area contributed by atoms with Gasteiger partial charge in [0.1, 0.15) is 16.7 Å². The Hall–Kier alpha value is -1.88. The molecule has 0 aliphatic carbocycles. The molecule has 2 aromatic rings. The molecule has 1 aliphatic heterocycles. The third-order valence-corrected chi connectivity index (χ3v) is 4.93. The zero-order chi connectivity index (χ0) is 15.5. The van der Waals surface area contributed by atoms with Gasteiger partial charge in [-0.3, -0.25) is 4.79 Å². The van der Waals surface area contributed by atoms with Crippen molar-refractivity contribution in [3.8, 4) is 5.75 Å². The number of ether oxygens (including phenoxy) is 1. The number of piperidine rings is 1. The van der Waals surface area contributed by atoms with Gasteiger partial charge >= 0.3 is 0 Å². The average molecular weight is 316 g/mol. The van der Waals surface area contributed by atoms with Crippen LogP contribution in [0.25, 0.3) is 0 Å². The molecule has 2 heterocycles. The zero-order valence-corrected chi connectivity index (χ0v) is 13.7. The highest BCUT2D eigenvalue weighted by Crippen LogP contribution is 2.23. The van der Waals surface area contributed by atoms with Gasteiger partial charge in [-0.05, 0) is 26.0 Å². The Morgan fingerprint density at radius 3 is 2.50 bits per heavy atom. The summed E-state index contributed by atoms with van der Waals surface area (Å²) in [6, 6.07) is 9.88. The number of thiazole rings is 1. The largest absolute Gasteiger partial charge is 0.490 e. The number of carbonyl (C=O) groups excluding carboxylic acids is 1. The summed E-state index contributed by atoms with van der Waals surface area (Å²) in [5.74, 6) is 1.02. The number of rotatable bonds is 3. The highest BCUT2D eigenvalue weighted by Gasteiger charge is 2.26. The minimum atomic E-state index is 0.112. The predicted molar refractivity (Wildman–Crippen MR) is 87.6 cm³/mol. The molecule has 1 aromatic heterocycles. The maximum absolute atomic E-state index is 12.6. The molecular weight excluding hydrogens is 296 g/mol. The molecular formula is C17H20N2O2S. The van der Waals surface area contributed by atoms with Gasteiger partial charge in [0.15, 0.2) is 0 Å². The standard InChI is InChI=1S/C17H20N2O2S/c1-12-16(22-13(2)18-12)17(20)19-10-8-15(9-11-19)21-14-6-4-3-5-7-14/h3-7,15H,8-11H2,1-2H3. The molecule has 0 bridgehead atoms. The van der Waals surface area contributed by atoms with Crippen LogP contribution in [0.15, 0.2) is 30.3 Å². The van der Waals surface area contributed by atoms with Crippen molar-refractivity contribution in [1.29, 1.82) is 0 Å². The minimum Gasteiger partial charge on any atom is -0.490 e. The molecule has 0 unspecified atom stereocenters. The lowest BCUT2D eigenvalue weighted by Crippen LogP contribution is -2.41. The lowest BCUT2D eigenvalue weighted by molar-refractivity contribution is 0.0599. The van der Waals surface area contributed by atoms with Crippen LogP contribution < -0.4 is 4.74 Å². The Balaban J connectivity index is 1.57. The second-order valence-corrected chi connectivity index (χ2v) is 6.77. The van der Waals surface area contributed by atoms with Crippen molar-refractivity contribution in [1.82, 2.24) is 9.88 Å². The summed E-state index contributed by atoms with van der Waals surface area (Å²) in [5, 5.41) is 0.947. The third-order valence-electron chi connectivity index (χ3n) is 3.87. The second kappa shape index (κ2) is 6.48. The number of nitrogens with zero attached hydrogens (tertiary/aromatic N) is 2. The van der Waals surface area contributed by atoms with Gasteiger partial charge in [0.25, 0.3) is 5.91 Å². The molecule has 1 aliphatic rings. The van der Waals surface area contributed by atoms with Crippen molar-refractivity contribution < 1.29 is 9.53 Å². The van der Waals surface area contributed by atoms with Gasteiger partial charge in [-0.25, -0.2) is 4.98 Å². The van der Waals surface area contributed by atoms with E-state index in [0.717, 1.165) is 47.3 Å². The number of para-hydroxylation sites is 1. The van der Waals surface area contributed by atoms with Gasteiger partial charge in [-0.15, -0.1) is 11.3 Å². The predicted octanol–water partition coefficient (Wildman–Crippen LogP) is 3.44. The first-order valence-corrected chi connectivity index (χ1v) is 8.40. The van der Waals surface area contributed by atoms with Crippen molar-refractivity contribution in [2.45, 2.75) is 32.8 Å². The normalized spacial score (nSPS) is 15.8. The topological polar surface area (TPSA) is 42.4 Å². The van der Waals surface area contributed by atoms with Crippen LogP contribution >= 0.6 is 11.3 Å². The minimum absolute atomic E-state index is 0.112. The van der Waals surface area contributed by atoms with Crippen LogP contribution in [0.3, 0.4) is 0 Å². The number of likely N-dealkylation sites (tertiary alicyclic amines) is 1. The molecule has 0 radical (unpaired) electrons. The van der Waals surface area contributed by atoms with Gasteiger partial charge in [-0.1, -0.05) is 18.2 Å². The van der Waals surface area contributed by atoms with E-state index in [1.807, 2.05) is 49.1 Å². The quantitative estimate of drug-likeness (QED) is 0.871. The molecule has 1 aromatic carbocycles. The van der Waals surface area contributed by atoms with E-state index in [1.165, 1.54) is 11.3 Å². The van der Waals surface area contributed by atoms with Crippen LogP contribution in [-0.4, -0.2) is 35.0 Å². The third kappa shape index (κ3) is 3.30. The fourth-order valence-electron chi connectivity index (χ4n) is 2.74. The maximum Gasteiger partial charge on any atom is 0.265 e. The molecule has 0 spiro atoms. The Bertz CT molecular complexity index is 646. The number of aromatic nitrogens is 1. The molecule has 1 amide bonds. The van der Waals surface area contributed by atoms with Crippen LogP contribution in [0.4, 0.5) is 0 Å². The van der Waals surface area contributed by atoms with E-state index in [9.17, 15) is 4.79 Å². The Labute approximate surface area is 134 Å². The number of amides is 1. The van der Waals surface area contributed by atoms with E-state index in [1.54, 1.807) is 0 Å². The van der Waals surface area contributed by atoms with Crippen molar-refractivity contribution in [3.05, 3.63) is 45.9 Å². The molecule has 0 N–H and O–H groups in total. The number of hydrogen-bond donors (Lipinski definition) is 0. The lowest BCUT2D eigenvalue weighted by Gasteiger charge is -2.32. The molecule has 5 heteroatoms. The number of hydrogen-bond acceptors (Lipinski definition) is 4. The van der Waals surface area contributed by atoms with Crippen LogP contribution in [0.1, 0.15) is 33.2 Å². The lowest BCUT2D eigenvalue weighted by atomic mass is 10.1. The fourth-order valence-corrected chi connectivity index (χ4v) is 3.63. The van der Waals surface area contributed by atoms with Crippen LogP contribution in [0.2, 0.25) is 0 Å². The highest BCUT2D eigenvalue weighted by molar-refractivity contribution is 7.13. The summed E-state index contributed by atoms with van der Waals surface area (Å²) in [5.41, 5.74) is 0.843. The van der Waals surface area contributed by atoms with Gasteiger partial charge in [0.05, 0.1) is 10.7 Å². The molecule has 0 saturated carbocycles. The molecule has 116 valence electrons. The van der Waals surface area contributed by atoms with Crippen LogP contribution in [0.5, 0.6) is 5.75 Å². The van der Waals surface area contributed by atoms with Crippen LogP contribution in [-0.2, 0) is 0 Å². The first-order valence-electron chi connectivity index (χ1n) is 7.58. The van der Waals surface area contributed by atoms with Crippen LogP contribution in [0, 0.1) is 13.8 Å². The van der Waals surface area contributed by atoms with E-state index in [-0.39, 0.29) is 12.0 Å². The maximum atomic E-state index is 12.6. The summed E-state index contributed by atoms with van der Waals surface area (Å²) in [6.45, 7) is 5.33. The number of carbonyl (C=O) groups is 1. The SMILES string of the molecule is Cc1nc(C)c(C(=O)N2CCC(Oc3ccccc3)CC2)s1. The molecule has 0 atom stereocenters. The Morgan fingerprint density at radius 1 is 1.23 bits per heavy atom. The molecule has 4 nitrogen and oxygen atoms in total. The van der Waals surface area contributed by atoms with E-state index in [4.69, 9.17) is 4.74 Å². The summed E-state index contributed by atoms with van der Waals surface area (Å²) in [6.07, 6.45) is 1.94. The van der Waals surface area contributed by atoms with Gasteiger partial charge < -0.3 is 9.64 Å². The Morgan fingerprint density at radius 2 is 1.91 bits per heavy atom.